The molecule has 2 saturated carbocycles. The van der Waals surface area contributed by atoms with Crippen LogP contribution in [0.2, 0.25) is 0 Å². The highest BCUT2D eigenvalue weighted by Crippen LogP contribution is 2.34. The molecule has 2 aliphatic carbocycles. The van der Waals surface area contributed by atoms with Crippen molar-refractivity contribution in [2.24, 2.45) is 17.6 Å². The zero-order chi connectivity index (χ0) is 17.1. The largest absolute Gasteiger partial charge is 0.460 e. The van der Waals surface area contributed by atoms with Gasteiger partial charge < -0.3 is 15.2 Å². The van der Waals surface area contributed by atoms with Gasteiger partial charge in [-0.15, -0.1) is 0 Å². The third-order valence-electron chi connectivity index (χ3n) is 5.16. The standard InChI is InChI=1S/C13H25N.C6H12O3/c14-13(11-7-3-1-4-8-11)12-9-5-2-6-10-12;1-5(4-8-3)9-6(2)7/h11-13H,1-10,14H2;5H,4H2,1-3H3. The molecule has 4 nitrogen and oxygen atoms in total. The van der Waals surface area contributed by atoms with Crippen molar-refractivity contribution in [1.82, 2.24) is 0 Å². The molecule has 2 rings (SSSR count). The van der Waals surface area contributed by atoms with Crippen LogP contribution in [-0.4, -0.2) is 31.8 Å². The molecule has 2 N–H and O–H groups in total. The van der Waals surface area contributed by atoms with E-state index in [0.717, 1.165) is 11.8 Å². The van der Waals surface area contributed by atoms with Crippen molar-refractivity contribution in [1.29, 1.82) is 0 Å². The minimum absolute atomic E-state index is 0.132. The molecule has 0 aromatic heterocycles. The van der Waals surface area contributed by atoms with Crippen LogP contribution in [0.1, 0.15) is 78.1 Å². The van der Waals surface area contributed by atoms with Crippen molar-refractivity contribution in [3.63, 3.8) is 0 Å². The Kier molecular flexibility index (Phi) is 10.5. The Morgan fingerprint density at radius 2 is 1.43 bits per heavy atom. The van der Waals surface area contributed by atoms with Gasteiger partial charge in [-0.05, 0) is 44.4 Å². The summed E-state index contributed by atoms with van der Waals surface area (Å²) in [6.45, 7) is 3.62. The lowest BCUT2D eigenvalue weighted by atomic mass is 9.74. The highest BCUT2D eigenvalue weighted by atomic mass is 16.6. The summed E-state index contributed by atoms with van der Waals surface area (Å²) >= 11 is 0. The van der Waals surface area contributed by atoms with Crippen LogP contribution < -0.4 is 5.73 Å². The summed E-state index contributed by atoms with van der Waals surface area (Å²) in [6, 6.07) is 0.538. The highest BCUT2D eigenvalue weighted by molar-refractivity contribution is 5.66. The first-order valence-electron chi connectivity index (χ1n) is 9.46. The first-order valence-corrected chi connectivity index (χ1v) is 9.46. The quantitative estimate of drug-likeness (QED) is 0.774. The molecule has 0 aromatic carbocycles. The van der Waals surface area contributed by atoms with Gasteiger partial charge in [-0.2, -0.15) is 0 Å². The molecule has 4 heteroatoms. The molecule has 0 bridgehead atoms. The predicted molar refractivity (Wildman–Crippen MR) is 94.2 cm³/mol. The Labute approximate surface area is 142 Å². The lowest BCUT2D eigenvalue weighted by Crippen LogP contribution is -2.39. The first-order chi connectivity index (χ1) is 11.0. The molecule has 2 fully saturated rings. The molecular weight excluding hydrogens is 290 g/mol. The molecule has 2 aliphatic rings. The number of rotatable bonds is 5. The van der Waals surface area contributed by atoms with Gasteiger partial charge in [0.25, 0.3) is 0 Å². The van der Waals surface area contributed by atoms with E-state index in [9.17, 15) is 4.79 Å². The van der Waals surface area contributed by atoms with E-state index in [1.165, 1.54) is 71.1 Å². The fourth-order valence-corrected chi connectivity index (χ4v) is 3.98. The fourth-order valence-electron chi connectivity index (χ4n) is 3.98. The smallest absolute Gasteiger partial charge is 0.302 e. The normalized spacial score (nSPS) is 21.4. The molecule has 0 spiro atoms. The summed E-state index contributed by atoms with van der Waals surface area (Å²) in [5.74, 6) is 1.47. The lowest BCUT2D eigenvalue weighted by Gasteiger charge is -2.35. The molecule has 0 aliphatic heterocycles. The topological polar surface area (TPSA) is 61.5 Å². The van der Waals surface area contributed by atoms with Crippen LogP contribution >= 0.6 is 0 Å². The minimum atomic E-state index is -0.264. The minimum Gasteiger partial charge on any atom is -0.460 e. The maximum atomic E-state index is 10.3. The molecular formula is C19H37NO3. The number of ether oxygens (including phenoxy) is 2. The number of nitrogens with two attached hydrogens (primary N) is 1. The van der Waals surface area contributed by atoms with Gasteiger partial charge in [0.1, 0.15) is 6.10 Å². The maximum absolute atomic E-state index is 10.3. The van der Waals surface area contributed by atoms with Gasteiger partial charge in [-0.1, -0.05) is 38.5 Å². The van der Waals surface area contributed by atoms with E-state index < -0.39 is 0 Å². The second-order valence-corrected chi connectivity index (χ2v) is 7.25. The molecule has 1 atom stereocenters. The van der Waals surface area contributed by atoms with Crippen molar-refractivity contribution >= 4 is 5.97 Å². The van der Waals surface area contributed by atoms with Gasteiger partial charge in [0.2, 0.25) is 0 Å². The lowest BCUT2D eigenvalue weighted by molar-refractivity contribution is -0.147. The Morgan fingerprint density at radius 1 is 1.00 bits per heavy atom. The van der Waals surface area contributed by atoms with Crippen molar-refractivity contribution in [3.8, 4) is 0 Å². The van der Waals surface area contributed by atoms with Gasteiger partial charge in [-0.25, -0.2) is 0 Å². The van der Waals surface area contributed by atoms with E-state index in [2.05, 4.69) is 0 Å². The van der Waals surface area contributed by atoms with Gasteiger partial charge in [0.05, 0.1) is 6.61 Å². The van der Waals surface area contributed by atoms with Crippen LogP contribution in [0, 0.1) is 11.8 Å². The average Bonchev–Trinajstić information content (AvgIpc) is 2.56. The first kappa shape index (κ1) is 20.4. The monoisotopic (exact) mass is 327 g/mol. The van der Waals surface area contributed by atoms with Gasteiger partial charge >= 0.3 is 5.97 Å². The number of carbonyl (C=O) groups is 1. The van der Waals surface area contributed by atoms with Gasteiger partial charge in [0.15, 0.2) is 0 Å². The third-order valence-corrected chi connectivity index (χ3v) is 5.16. The summed E-state index contributed by atoms with van der Waals surface area (Å²) in [4.78, 5) is 10.3. The molecule has 0 radical (unpaired) electrons. The molecule has 0 saturated heterocycles. The van der Waals surface area contributed by atoms with E-state index in [1.807, 2.05) is 0 Å². The van der Waals surface area contributed by atoms with E-state index in [1.54, 1.807) is 14.0 Å². The number of carbonyl (C=O) groups excluding carboxylic acids is 1. The highest BCUT2D eigenvalue weighted by Gasteiger charge is 2.28. The SMILES string of the molecule is COCC(C)OC(C)=O.NC(C1CCCCC1)C1CCCCC1. The third kappa shape index (κ3) is 8.71. The Hall–Kier alpha value is -0.610. The second-order valence-electron chi connectivity index (χ2n) is 7.25. The zero-order valence-electron chi connectivity index (χ0n) is 15.4. The number of esters is 1. The average molecular weight is 328 g/mol. The van der Waals surface area contributed by atoms with E-state index in [0.29, 0.717) is 12.6 Å². The molecule has 0 aromatic rings. The van der Waals surface area contributed by atoms with E-state index >= 15 is 0 Å². The van der Waals surface area contributed by atoms with Crippen LogP contribution in [0.4, 0.5) is 0 Å². The van der Waals surface area contributed by atoms with Crippen LogP contribution in [-0.2, 0) is 14.3 Å². The van der Waals surface area contributed by atoms with Crippen LogP contribution in [0.15, 0.2) is 0 Å². The van der Waals surface area contributed by atoms with Crippen molar-refractivity contribution < 1.29 is 14.3 Å². The van der Waals surface area contributed by atoms with E-state index in [4.69, 9.17) is 15.2 Å². The molecule has 0 amide bonds. The van der Waals surface area contributed by atoms with Crippen LogP contribution in [0.25, 0.3) is 0 Å². The summed E-state index contributed by atoms with van der Waals surface area (Å²) < 4.78 is 9.45. The predicted octanol–water partition coefficient (Wildman–Crippen LogP) is 4.06. The summed E-state index contributed by atoms with van der Waals surface area (Å²) in [6.07, 6.45) is 14.2. The summed E-state index contributed by atoms with van der Waals surface area (Å²) in [7, 11) is 1.57. The Morgan fingerprint density at radius 3 is 1.78 bits per heavy atom. The maximum Gasteiger partial charge on any atom is 0.302 e. The van der Waals surface area contributed by atoms with E-state index in [-0.39, 0.29) is 12.1 Å². The molecule has 0 heterocycles. The van der Waals surface area contributed by atoms with Crippen LogP contribution in [0.5, 0.6) is 0 Å². The molecule has 136 valence electrons. The number of methoxy groups -OCH3 is 1. The van der Waals surface area contributed by atoms with Gasteiger partial charge in [0, 0.05) is 20.1 Å². The zero-order valence-corrected chi connectivity index (χ0v) is 15.4. The molecule has 23 heavy (non-hydrogen) atoms. The summed E-state index contributed by atoms with van der Waals surface area (Å²) in [5, 5.41) is 0. The van der Waals surface area contributed by atoms with Gasteiger partial charge in [-0.3, -0.25) is 4.79 Å². The summed E-state index contributed by atoms with van der Waals surface area (Å²) in [5.41, 5.74) is 6.42. The fraction of sp³-hybridized carbons (Fsp3) is 0.947. The Balaban J connectivity index is 0.000000257. The van der Waals surface area contributed by atoms with Crippen molar-refractivity contribution in [2.75, 3.05) is 13.7 Å². The Bertz CT molecular complexity index is 292. The second kappa shape index (κ2) is 11.9. The van der Waals surface area contributed by atoms with Crippen molar-refractivity contribution in [2.45, 2.75) is 90.2 Å². The molecule has 1 unspecified atom stereocenters. The number of hydrogen-bond donors (Lipinski definition) is 1. The van der Waals surface area contributed by atoms with Crippen LogP contribution in [0.3, 0.4) is 0 Å². The van der Waals surface area contributed by atoms with Crippen molar-refractivity contribution in [3.05, 3.63) is 0 Å². The number of hydrogen-bond acceptors (Lipinski definition) is 4.